The van der Waals surface area contributed by atoms with Gasteiger partial charge in [-0.3, -0.25) is 14.5 Å². The van der Waals surface area contributed by atoms with Crippen molar-refractivity contribution in [1.29, 1.82) is 0 Å². The molecule has 4 rings (SSSR count). The maximum Gasteiger partial charge on any atom is 0.282 e. The first-order valence-corrected chi connectivity index (χ1v) is 11.0. The number of hydrogen-bond donors (Lipinski definition) is 1. The first-order chi connectivity index (χ1) is 15.5. The molecular formula is C25H29N3O4. The quantitative estimate of drug-likeness (QED) is 0.674. The molecule has 7 heteroatoms. The maximum absolute atomic E-state index is 13.7. The number of nitrogens with zero attached hydrogens (tertiary/aromatic N) is 3. The predicted octanol–water partition coefficient (Wildman–Crippen LogP) is 2.37. The molecule has 32 heavy (non-hydrogen) atoms. The van der Waals surface area contributed by atoms with Crippen molar-refractivity contribution in [3.05, 3.63) is 65.9 Å². The number of aliphatic hydroxyl groups excluding tert-OH is 1. The zero-order valence-corrected chi connectivity index (χ0v) is 18.5. The normalized spacial score (nSPS) is 17.6. The number of benzene rings is 2. The van der Waals surface area contributed by atoms with E-state index in [-0.39, 0.29) is 24.5 Å². The fourth-order valence-corrected chi connectivity index (χ4v) is 4.23. The summed E-state index contributed by atoms with van der Waals surface area (Å²) in [5.74, 6) is -0.163. The summed E-state index contributed by atoms with van der Waals surface area (Å²) >= 11 is 0. The Morgan fingerprint density at radius 3 is 2.22 bits per heavy atom. The number of para-hydroxylation sites is 2. The third kappa shape index (κ3) is 4.26. The van der Waals surface area contributed by atoms with Crippen LogP contribution in [-0.2, 0) is 9.59 Å². The van der Waals surface area contributed by atoms with Gasteiger partial charge in [-0.15, -0.1) is 0 Å². The fraction of sp³-hybridized carbons (Fsp3) is 0.360. The van der Waals surface area contributed by atoms with Crippen LogP contribution in [0.2, 0.25) is 0 Å². The molecule has 2 aliphatic heterocycles. The molecule has 2 aliphatic rings. The minimum absolute atomic E-state index is 0.0930. The molecule has 0 atom stereocenters. The Morgan fingerprint density at radius 2 is 1.56 bits per heavy atom. The van der Waals surface area contributed by atoms with E-state index in [1.807, 2.05) is 55.1 Å². The second-order valence-corrected chi connectivity index (χ2v) is 8.22. The Morgan fingerprint density at radius 1 is 0.906 bits per heavy atom. The van der Waals surface area contributed by atoms with Crippen molar-refractivity contribution >= 4 is 23.1 Å². The number of imide groups is 1. The molecule has 2 aromatic rings. The second kappa shape index (κ2) is 9.54. The van der Waals surface area contributed by atoms with Gasteiger partial charge in [-0.2, -0.15) is 0 Å². The predicted molar refractivity (Wildman–Crippen MR) is 123 cm³/mol. The van der Waals surface area contributed by atoms with Gasteiger partial charge in [0.2, 0.25) is 0 Å². The molecule has 2 amide bonds. The smallest absolute Gasteiger partial charge is 0.282 e. The molecule has 168 valence electrons. The fourth-order valence-electron chi connectivity index (χ4n) is 4.23. The number of rotatable bonds is 7. The number of piperazine rings is 1. The Bertz CT molecular complexity index is 1010. The minimum Gasteiger partial charge on any atom is -0.489 e. The van der Waals surface area contributed by atoms with Gasteiger partial charge >= 0.3 is 0 Å². The SMILES string of the molecule is CC(C)Oc1ccccc1N1C(=O)C(c2ccccc2)=C(N2CCN(CCO)CC2)C1=O. The average Bonchev–Trinajstić information content (AvgIpc) is 3.05. The van der Waals surface area contributed by atoms with Crippen LogP contribution in [0.5, 0.6) is 5.75 Å². The van der Waals surface area contributed by atoms with E-state index in [9.17, 15) is 14.7 Å². The number of ether oxygens (including phenoxy) is 1. The summed E-state index contributed by atoms with van der Waals surface area (Å²) < 4.78 is 5.91. The lowest BCUT2D eigenvalue weighted by molar-refractivity contribution is -0.120. The topological polar surface area (TPSA) is 73.3 Å². The van der Waals surface area contributed by atoms with Crippen molar-refractivity contribution in [1.82, 2.24) is 9.80 Å². The van der Waals surface area contributed by atoms with Gasteiger partial charge in [0.25, 0.3) is 11.8 Å². The highest BCUT2D eigenvalue weighted by atomic mass is 16.5. The number of β-amino-alcohol motifs (C(OH)–C–C–N with tert-alkyl or cyclic N) is 1. The van der Waals surface area contributed by atoms with Crippen LogP contribution in [0.3, 0.4) is 0 Å². The summed E-state index contributed by atoms with van der Waals surface area (Å²) in [6, 6.07) is 16.5. The van der Waals surface area contributed by atoms with Gasteiger partial charge in [-0.05, 0) is 31.5 Å². The van der Waals surface area contributed by atoms with E-state index in [2.05, 4.69) is 4.90 Å². The largest absolute Gasteiger partial charge is 0.489 e. The van der Waals surface area contributed by atoms with Crippen LogP contribution in [0.15, 0.2) is 60.3 Å². The van der Waals surface area contributed by atoms with E-state index in [1.54, 1.807) is 18.2 Å². The molecule has 0 aromatic heterocycles. The molecule has 0 unspecified atom stereocenters. The number of anilines is 1. The van der Waals surface area contributed by atoms with Crippen molar-refractivity contribution in [2.24, 2.45) is 0 Å². The van der Waals surface area contributed by atoms with Crippen LogP contribution in [0.4, 0.5) is 5.69 Å². The zero-order chi connectivity index (χ0) is 22.7. The van der Waals surface area contributed by atoms with Crippen molar-refractivity contribution in [2.45, 2.75) is 20.0 Å². The van der Waals surface area contributed by atoms with Crippen LogP contribution in [0, 0.1) is 0 Å². The first kappa shape index (κ1) is 22.0. The van der Waals surface area contributed by atoms with Gasteiger partial charge in [0, 0.05) is 32.7 Å². The van der Waals surface area contributed by atoms with Crippen molar-refractivity contribution in [3.63, 3.8) is 0 Å². The van der Waals surface area contributed by atoms with Gasteiger partial charge < -0.3 is 14.7 Å². The van der Waals surface area contributed by atoms with E-state index in [0.717, 1.165) is 18.7 Å². The average molecular weight is 436 g/mol. The maximum atomic E-state index is 13.7. The van der Waals surface area contributed by atoms with Crippen molar-refractivity contribution in [3.8, 4) is 5.75 Å². The number of carbonyl (C=O) groups is 2. The molecule has 0 aliphatic carbocycles. The van der Waals surface area contributed by atoms with Crippen LogP contribution in [0.25, 0.3) is 5.57 Å². The van der Waals surface area contributed by atoms with E-state index >= 15 is 0 Å². The second-order valence-electron chi connectivity index (χ2n) is 8.22. The summed E-state index contributed by atoms with van der Waals surface area (Å²) in [5.41, 5.74) is 2.04. The molecule has 0 saturated carbocycles. The first-order valence-electron chi connectivity index (χ1n) is 11.0. The molecule has 1 N–H and O–H groups in total. The zero-order valence-electron chi connectivity index (χ0n) is 18.5. The Kier molecular flexibility index (Phi) is 6.58. The summed E-state index contributed by atoms with van der Waals surface area (Å²) in [7, 11) is 0. The number of hydrogen-bond acceptors (Lipinski definition) is 6. The highest BCUT2D eigenvalue weighted by Crippen LogP contribution is 2.39. The number of aliphatic hydroxyl groups is 1. The molecule has 0 radical (unpaired) electrons. The minimum atomic E-state index is -0.339. The van der Waals surface area contributed by atoms with Gasteiger partial charge in [0.1, 0.15) is 11.4 Å². The van der Waals surface area contributed by atoms with E-state index < -0.39 is 0 Å². The number of amides is 2. The van der Waals surface area contributed by atoms with Gasteiger partial charge in [-0.25, -0.2) is 4.90 Å². The summed E-state index contributed by atoms with van der Waals surface area (Å²) in [5, 5.41) is 9.23. The van der Waals surface area contributed by atoms with Crippen LogP contribution < -0.4 is 9.64 Å². The Hall–Kier alpha value is -3.16. The Balaban J connectivity index is 1.74. The lowest BCUT2D eigenvalue weighted by Crippen LogP contribution is -2.48. The van der Waals surface area contributed by atoms with E-state index in [0.29, 0.717) is 42.3 Å². The van der Waals surface area contributed by atoms with Crippen LogP contribution in [-0.4, -0.2) is 72.2 Å². The Labute approximate surface area is 188 Å². The van der Waals surface area contributed by atoms with Crippen molar-refractivity contribution in [2.75, 3.05) is 44.2 Å². The molecule has 0 bridgehead atoms. The van der Waals surface area contributed by atoms with Crippen LogP contribution in [0.1, 0.15) is 19.4 Å². The van der Waals surface area contributed by atoms with Gasteiger partial charge in [0.05, 0.1) is 24.0 Å². The third-order valence-corrected chi connectivity index (χ3v) is 5.70. The lowest BCUT2D eigenvalue weighted by atomic mass is 10.0. The molecule has 2 aromatic carbocycles. The highest BCUT2D eigenvalue weighted by Gasteiger charge is 2.44. The van der Waals surface area contributed by atoms with E-state index in [1.165, 1.54) is 4.90 Å². The van der Waals surface area contributed by atoms with Crippen LogP contribution >= 0.6 is 0 Å². The van der Waals surface area contributed by atoms with Crippen molar-refractivity contribution < 1.29 is 19.4 Å². The monoisotopic (exact) mass is 435 g/mol. The third-order valence-electron chi connectivity index (χ3n) is 5.70. The van der Waals surface area contributed by atoms with Gasteiger partial charge in [-0.1, -0.05) is 42.5 Å². The molecule has 0 spiro atoms. The van der Waals surface area contributed by atoms with Gasteiger partial charge in [0.15, 0.2) is 0 Å². The molecule has 1 saturated heterocycles. The standard InChI is InChI=1S/C25H29N3O4/c1-18(2)32-21-11-7-6-10-20(21)28-24(30)22(19-8-4-3-5-9-19)23(25(28)31)27-14-12-26(13-15-27)16-17-29/h3-11,18,29H,12-17H2,1-2H3. The molecule has 1 fully saturated rings. The molecule has 2 heterocycles. The summed E-state index contributed by atoms with van der Waals surface area (Å²) in [6.07, 6.45) is -0.0930. The lowest BCUT2D eigenvalue weighted by Gasteiger charge is -2.36. The summed E-state index contributed by atoms with van der Waals surface area (Å²) in [4.78, 5) is 32.8. The number of carbonyl (C=O) groups excluding carboxylic acids is 2. The molecule has 7 nitrogen and oxygen atoms in total. The summed E-state index contributed by atoms with van der Waals surface area (Å²) in [6.45, 7) is 7.21. The highest BCUT2D eigenvalue weighted by molar-refractivity contribution is 6.45. The van der Waals surface area contributed by atoms with E-state index in [4.69, 9.17) is 4.74 Å². The molecular weight excluding hydrogens is 406 g/mol.